The zero-order valence-electron chi connectivity index (χ0n) is 12.6. The van der Waals surface area contributed by atoms with Crippen LogP contribution in [0.25, 0.3) is 22.3 Å². The maximum atomic E-state index is 14.1. The van der Waals surface area contributed by atoms with E-state index in [9.17, 15) is 17.6 Å². The monoisotopic (exact) mass is 332 g/mol. The summed E-state index contributed by atoms with van der Waals surface area (Å²) < 4.78 is 59.7. The zero-order chi connectivity index (χ0) is 17.3. The van der Waals surface area contributed by atoms with E-state index in [1.165, 1.54) is 55.6 Å². The van der Waals surface area contributed by atoms with Gasteiger partial charge in [0.2, 0.25) is 5.82 Å². The summed E-state index contributed by atoms with van der Waals surface area (Å²) in [6, 6.07) is 12.7. The average Bonchev–Trinajstić information content (AvgIpc) is 2.60. The summed E-state index contributed by atoms with van der Waals surface area (Å²) in [5, 5.41) is 0. The van der Waals surface area contributed by atoms with Gasteiger partial charge in [-0.05, 0) is 29.3 Å². The van der Waals surface area contributed by atoms with E-state index in [-0.39, 0.29) is 16.9 Å². The second kappa shape index (κ2) is 6.35. The molecule has 1 nitrogen and oxygen atoms in total. The Morgan fingerprint density at radius 3 is 1.79 bits per heavy atom. The molecule has 0 aliphatic rings. The molecule has 5 heteroatoms. The van der Waals surface area contributed by atoms with Crippen LogP contribution in [-0.2, 0) is 0 Å². The highest BCUT2D eigenvalue weighted by atomic mass is 19.2. The molecule has 3 rings (SSSR count). The molecule has 0 unspecified atom stereocenters. The normalized spacial score (nSPS) is 10.7. The van der Waals surface area contributed by atoms with Crippen molar-refractivity contribution in [3.63, 3.8) is 0 Å². The molecule has 0 saturated carbocycles. The average molecular weight is 332 g/mol. The van der Waals surface area contributed by atoms with Crippen molar-refractivity contribution in [3.8, 4) is 28.0 Å². The number of hydrogen-bond donors (Lipinski definition) is 0. The SMILES string of the molecule is COc1ccc(-c2ccc(-c3cccc(F)c3F)cc2)c(F)c1F. The molecule has 0 heterocycles. The van der Waals surface area contributed by atoms with Gasteiger partial charge < -0.3 is 4.74 Å². The smallest absolute Gasteiger partial charge is 0.201 e. The Morgan fingerprint density at radius 2 is 1.21 bits per heavy atom. The molecule has 24 heavy (non-hydrogen) atoms. The Hall–Kier alpha value is -2.82. The molecule has 0 radical (unpaired) electrons. The predicted molar refractivity (Wildman–Crippen MR) is 83.7 cm³/mol. The maximum Gasteiger partial charge on any atom is 0.201 e. The molecule has 3 aromatic rings. The van der Waals surface area contributed by atoms with Gasteiger partial charge in [0.25, 0.3) is 0 Å². The summed E-state index contributed by atoms with van der Waals surface area (Å²) in [4.78, 5) is 0. The van der Waals surface area contributed by atoms with E-state index in [2.05, 4.69) is 0 Å². The number of methoxy groups -OCH3 is 1. The van der Waals surface area contributed by atoms with Crippen LogP contribution in [0.15, 0.2) is 54.6 Å². The highest BCUT2D eigenvalue weighted by Gasteiger charge is 2.16. The number of hydrogen-bond acceptors (Lipinski definition) is 1. The van der Waals surface area contributed by atoms with Crippen molar-refractivity contribution in [1.82, 2.24) is 0 Å². The Kier molecular flexibility index (Phi) is 4.25. The molecule has 0 atom stereocenters. The molecule has 0 fully saturated rings. The summed E-state index contributed by atoms with van der Waals surface area (Å²) in [5.41, 5.74) is 1.00. The first kappa shape index (κ1) is 16.1. The molecule has 0 bridgehead atoms. The van der Waals surface area contributed by atoms with Crippen LogP contribution in [0, 0.1) is 23.3 Å². The van der Waals surface area contributed by atoms with Crippen molar-refractivity contribution in [2.24, 2.45) is 0 Å². The van der Waals surface area contributed by atoms with Crippen LogP contribution in [0.1, 0.15) is 0 Å². The van der Waals surface area contributed by atoms with E-state index in [1.54, 1.807) is 0 Å². The molecular weight excluding hydrogens is 320 g/mol. The van der Waals surface area contributed by atoms with Crippen LogP contribution in [0.3, 0.4) is 0 Å². The second-order valence-corrected chi connectivity index (χ2v) is 5.12. The lowest BCUT2D eigenvalue weighted by atomic mass is 9.99. The van der Waals surface area contributed by atoms with Crippen molar-refractivity contribution in [1.29, 1.82) is 0 Å². The third-order valence-corrected chi connectivity index (χ3v) is 3.73. The summed E-state index contributed by atoms with van der Waals surface area (Å²) >= 11 is 0. The lowest BCUT2D eigenvalue weighted by molar-refractivity contribution is 0.372. The van der Waals surface area contributed by atoms with E-state index in [4.69, 9.17) is 4.74 Å². The summed E-state index contributed by atoms with van der Waals surface area (Å²) in [5.74, 6) is -4.18. The standard InChI is InChI=1S/C19H12F4O/c1-24-16-10-9-14(18(22)19(16)23)12-7-5-11(6-8-12)13-3-2-4-15(20)17(13)21/h2-10H,1H3. The van der Waals surface area contributed by atoms with Crippen molar-refractivity contribution in [3.05, 3.63) is 77.9 Å². The first-order valence-electron chi connectivity index (χ1n) is 7.09. The summed E-state index contributed by atoms with van der Waals surface area (Å²) in [6.07, 6.45) is 0. The van der Waals surface area contributed by atoms with E-state index >= 15 is 0 Å². The Labute approximate surface area is 136 Å². The number of benzene rings is 3. The Morgan fingerprint density at radius 1 is 0.625 bits per heavy atom. The van der Waals surface area contributed by atoms with Gasteiger partial charge in [-0.3, -0.25) is 0 Å². The molecule has 0 aromatic heterocycles. The molecule has 0 spiro atoms. The molecule has 0 aliphatic carbocycles. The number of ether oxygens (including phenoxy) is 1. The van der Waals surface area contributed by atoms with E-state index in [1.807, 2.05) is 0 Å². The fourth-order valence-corrected chi connectivity index (χ4v) is 2.47. The zero-order valence-corrected chi connectivity index (χ0v) is 12.6. The first-order chi connectivity index (χ1) is 11.5. The van der Waals surface area contributed by atoms with Crippen LogP contribution < -0.4 is 4.74 Å². The van der Waals surface area contributed by atoms with Crippen molar-refractivity contribution >= 4 is 0 Å². The minimum atomic E-state index is -1.07. The highest BCUT2D eigenvalue weighted by molar-refractivity contribution is 5.71. The molecule has 3 aromatic carbocycles. The largest absolute Gasteiger partial charge is 0.494 e. The van der Waals surface area contributed by atoms with Crippen LogP contribution in [0.5, 0.6) is 5.75 Å². The van der Waals surface area contributed by atoms with Crippen LogP contribution in [0.4, 0.5) is 17.6 Å². The highest BCUT2D eigenvalue weighted by Crippen LogP contribution is 2.32. The summed E-state index contributed by atoms with van der Waals surface area (Å²) in [6.45, 7) is 0. The predicted octanol–water partition coefficient (Wildman–Crippen LogP) is 5.59. The van der Waals surface area contributed by atoms with Gasteiger partial charge in [0.15, 0.2) is 23.2 Å². The Balaban J connectivity index is 2.02. The number of rotatable bonds is 3. The maximum absolute atomic E-state index is 14.1. The van der Waals surface area contributed by atoms with Gasteiger partial charge >= 0.3 is 0 Å². The Bertz CT molecular complexity index is 889. The van der Waals surface area contributed by atoms with Crippen LogP contribution in [-0.4, -0.2) is 7.11 Å². The van der Waals surface area contributed by atoms with Gasteiger partial charge in [-0.15, -0.1) is 0 Å². The minimum absolute atomic E-state index is 0.0552. The van der Waals surface area contributed by atoms with Crippen molar-refractivity contribution < 1.29 is 22.3 Å². The van der Waals surface area contributed by atoms with Gasteiger partial charge in [-0.25, -0.2) is 13.2 Å². The molecule has 122 valence electrons. The van der Waals surface area contributed by atoms with Crippen molar-refractivity contribution in [2.45, 2.75) is 0 Å². The van der Waals surface area contributed by atoms with E-state index in [0.717, 1.165) is 6.07 Å². The lowest BCUT2D eigenvalue weighted by Crippen LogP contribution is -1.95. The lowest BCUT2D eigenvalue weighted by Gasteiger charge is -2.09. The van der Waals surface area contributed by atoms with Gasteiger partial charge in [0.05, 0.1) is 7.11 Å². The fourth-order valence-electron chi connectivity index (χ4n) is 2.47. The molecule has 0 N–H and O–H groups in total. The van der Waals surface area contributed by atoms with E-state index in [0.29, 0.717) is 11.1 Å². The first-order valence-corrected chi connectivity index (χ1v) is 7.09. The third kappa shape index (κ3) is 2.73. The quantitative estimate of drug-likeness (QED) is 0.569. The van der Waals surface area contributed by atoms with Gasteiger partial charge in [-0.2, -0.15) is 4.39 Å². The van der Waals surface area contributed by atoms with Gasteiger partial charge in [0.1, 0.15) is 0 Å². The topological polar surface area (TPSA) is 9.23 Å². The minimum Gasteiger partial charge on any atom is -0.494 e. The number of halogens is 4. The molecule has 0 saturated heterocycles. The second-order valence-electron chi connectivity index (χ2n) is 5.12. The van der Waals surface area contributed by atoms with Crippen molar-refractivity contribution in [2.75, 3.05) is 7.11 Å². The molecule has 0 aliphatic heterocycles. The molecular formula is C19H12F4O. The fraction of sp³-hybridized carbons (Fsp3) is 0.0526. The van der Waals surface area contributed by atoms with Crippen LogP contribution in [0.2, 0.25) is 0 Å². The van der Waals surface area contributed by atoms with Gasteiger partial charge in [0, 0.05) is 11.1 Å². The van der Waals surface area contributed by atoms with Crippen LogP contribution >= 0.6 is 0 Å². The van der Waals surface area contributed by atoms with E-state index < -0.39 is 23.3 Å². The van der Waals surface area contributed by atoms with Gasteiger partial charge in [-0.1, -0.05) is 36.4 Å². The third-order valence-electron chi connectivity index (χ3n) is 3.73. The molecule has 0 amide bonds. The summed E-state index contributed by atoms with van der Waals surface area (Å²) in [7, 11) is 1.25.